The smallest absolute Gasteiger partial charge is 0.416 e. The molecule has 1 heterocycles. The van der Waals surface area contributed by atoms with Gasteiger partial charge < -0.3 is 10.1 Å². The van der Waals surface area contributed by atoms with E-state index in [1.165, 1.54) is 24.3 Å². The molecule has 1 atom stereocenters. The third-order valence-corrected chi connectivity index (χ3v) is 6.56. The number of esters is 1. The Bertz CT molecular complexity index is 1080. The predicted molar refractivity (Wildman–Crippen MR) is 132 cm³/mol. The van der Waals surface area contributed by atoms with Crippen LogP contribution in [-0.4, -0.2) is 54.8 Å². The van der Waals surface area contributed by atoms with E-state index in [-0.39, 0.29) is 18.8 Å². The minimum absolute atomic E-state index is 0.131. The molecule has 6 nitrogen and oxygen atoms in total. The van der Waals surface area contributed by atoms with Crippen molar-refractivity contribution < 1.29 is 27.5 Å². The van der Waals surface area contributed by atoms with Gasteiger partial charge in [0.25, 0.3) is 0 Å². The van der Waals surface area contributed by atoms with Crippen LogP contribution in [0.4, 0.5) is 18.9 Å². The number of halogens is 4. The van der Waals surface area contributed by atoms with Crippen LogP contribution in [0.3, 0.4) is 0 Å². The second-order valence-corrected chi connectivity index (χ2v) is 9.49. The molecule has 35 heavy (non-hydrogen) atoms. The summed E-state index contributed by atoms with van der Waals surface area (Å²) in [6, 6.07) is 11.1. The zero-order valence-electron chi connectivity index (χ0n) is 19.2. The van der Waals surface area contributed by atoms with Crippen LogP contribution in [-0.2, 0) is 20.5 Å². The molecule has 0 spiro atoms. The van der Waals surface area contributed by atoms with E-state index < -0.39 is 29.0 Å². The van der Waals surface area contributed by atoms with Crippen molar-refractivity contribution in [3.8, 4) is 0 Å². The highest BCUT2D eigenvalue weighted by atomic mass is 35.5. The molecule has 188 valence electrons. The third kappa shape index (κ3) is 6.49. The maximum absolute atomic E-state index is 13.1. The van der Waals surface area contributed by atoms with E-state index in [1.807, 2.05) is 6.26 Å². The van der Waals surface area contributed by atoms with E-state index in [0.717, 1.165) is 24.3 Å². The lowest BCUT2D eigenvalue weighted by atomic mass is 9.76. The molecule has 1 unspecified atom stereocenters. The number of hydrazone groups is 1. The summed E-state index contributed by atoms with van der Waals surface area (Å²) in [6.07, 6.45) is -1.28. The summed E-state index contributed by atoms with van der Waals surface area (Å²) < 4.78 is 43.5. The molecule has 0 saturated heterocycles. The lowest BCUT2D eigenvalue weighted by molar-refractivity contribution is -0.149. The number of carbonyl (C=O) groups excluding carboxylic acids is 2. The number of alkyl halides is 3. The van der Waals surface area contributed by atoms with Gasteiger partial charge >= 0.3 is 12.1 Å². The Morgan fingerprint density at radius 2 is 1.83 bits per heavy atom. The molecule has 0 saturated carbocycles. The lowest BCUT2D eigenvalue weighted by Gasteiger charge is -2.28. The van der Waals surface area contributed by atoms with Crippen molar-refractivity contribution in [2.45, 2.75) is 19.0 Å². The Morgan fingerprint density at radius 1 is 1.17 bits per heavy atom. The molecule has 0 fully saturated rings. The van der Waals surface area contributed by atoms with Gasteiger partial charge in [-0.05, 0) is 66.8 Å². The van der Waals surface area contributed by atoms with Crippen molar-refractivity contribution >= 4 is 46.6 Å². The van der Waals surface area contributed by atoms with Gasteiger partial charge in [0.2, 0.25) is 5.91 Å². The van der Waals surface area contributed by atoms with E-state index in [2.05, 4.69) is 10.4 Å². The largest absolute Gasteiger partial charge is 0.468 e. The van der Waals surface area contributed by atoms with Crippen LogP contribution in [0.5, 0.6) is 0 Å². The summed E-state index contributed by atoms with van der Waals surface area (Å²) in [6.45, 7) is -0.0637. The average molecular weight is 528 g/mol. The van der Waals surface area contributed by atoms with E-state index in [1.54, 1.807) is 36.0 Å². The highest BCUT2D eigenvalue weighted by Crippen LogP contribution is 2.38. The molecule has 2 aromatic carbocycles. The number of methoxy groups -OCH3 is 1. The summed E-state index contributed by atoms with van der Waals surface area (Å²) >= 11 is 7.69. The van der Waals surface area contributed by atoms with Gasteiger partial charge in [-0.15, -0.1) is 0 Å². The number of nitrogens with zero attached hydrogens (tertiary/aromatic N) is 2. The first-order valence-corrected chi connectivity index (χ1v) is 12.5. The fourth-order valence-electron chi connectivity index (χ4n) is 3.98. The number of rotatable bonds is 9. The zero-order valence-corrected chi connectivity index (χ0v) is 20.8. The first kappa shape index (κ1) is 26.9. The molecule has 0 aromatic heterocycles. The van der Waals surface area contributed by atoms with Gasteiger partial charge in [-0.1, -0.05) is 23.7 Å². The number of ether oxygens (including phenoxy) is 1. The van der Waals surface area contributed by atoms with Crippen molar-refractivity contribution in [3.63, 3.8) is 0 Å². The third-order valence-electron chi connectivity index (χ3n) is 5.62. The van der Waals surface area contributed by atoms with Gasteiger partial charge in [0.1, 0.15) is 12.0 Å². The summed E-state index contributed by atoms with van der Waals surface area (Å²) in [5.41, 5.74) is -0.477. The molecule has 0 aliphatic carbocycles. The Kier molecular flexibility index (Phi) is 8.71. The van der Waals surface area contributed by atoms with Gasteiger partial charge in [0.05, 0.1) is 24.9 Å². The second-order valence-electron chi connectivity index (χ2n) is 8.07. The van der Waals surface area contributed by atoms with Gasteiger partial charge in [0.15, 0.2) is 0 Å². The number of hydrogen-bond acceptors (Lipinski definition) is 6. The molecular formula is C24H25ClF3N3O3S. The molecule has 1 aliphatic rings. The highest BCUT2D eigenvalue weighted by Gasteiger charge is 2.50. The van der Waals surface area contributed by atoms with Crippen molar-refractivity contribution in [2.75, 3.05) is 37.5 Å². The van der Waals surface area contributed by atoms with Gasteiger partial charge in [-0.25, -0.2) is 0 Å². The highest BCUT2D eigenvalue weighted by molar-refractivity contribution is 7.98. The Hall–Kier alpha value is -2.72. The van der Waals surface area contributed by atoms with Crippen molar-refractivity contribution in [2.24, 2.45) is 10.5 Å². The van der Waals surface area contributed by atoms with E-state index in [0.29, 0.717) is 22.7 Å². The summed E-state index contributed by atoms with van der Waals surface area (Å²) in [5, 5.41) is 9.20. The zero-order chi connectivity index (χ0) is 25.6. The number of hydrogen-bond donors (Lipinski definition) is 1. The van der Waals surface area contributed by atoms with Crippen LogP contribution in [0.2, 0.25) is 5.02 Å². The van der Waals surface area contributed by atoms with Gasteiger partial charge in [-0.2, -0.15) is 30.0 Å². The molecule has 0 radical (unpaired) electrons. The number of thioether (sulfide) groups is 1. The molecule has 1 N–H and O–H groups in total. The fraction of sp³-hybridized carbons (Fsp3) is 0.375. The fourth-order valence-corrected chi connectivity index (χ4v) is 4.53. The minimum Gasteiger partial charge on any atom is -0.468 e. The number of nitrogens with one attached hydrogen (secondary N) is 1. The molecule has 0 bridgehead atoms. The molecule has 1 amide bonds. The first-order valence-electron chi connectivity index (χ1n) is 10.7. The van der Waals surface area contributed by atoms with Gasteiger partial charge in [-0.3, -0.25) is 14.6 Å². The summed E-state index contributed by atoms with van der Waals surface area (Å²) in [4.78, 5) is 25.7. The molecule has 1 aliphatic heterocycles. The summed E-state index contributed by atoms with van der Waals surface area (Å²) in [7, 11) is 1.32. The maximum atomic E-state index is 13.1. The second kappa shape index (κ2) is 11.3. The molecule has 3 rings (SSSR count). The van der Waals surface area contributed by atoms with Crippen molar-refractivity contribution in [1.82, 2.24) is 5.01 Å². The molecule has 2 aromatic rings. The number of benzene rings is 2. The summed E-state index contributed by atoms with van der Waals surface area (Å²) in [5.74, 6) is -0.0900. The minimum atomic E-state index is -4.46. The van der Waals surface area contributed by atoms with E-state index >= 15 is 0 Å². The number of anilines is 1. The number of amides is 1. The Balaban J connectivity index is 1.83. The van der Waals surface area contributed by atoms with E-state index in [9.17, 15) is 22.8 Å². The van der Waals surface area contributed by atoms with Crippen LogP contribution >= 0.6 is 23.4 Å². The van der Waals surface area contributed by atoms with Crippen molar-refractivity contribution in [3.05, 3.63) is 64.7 Å². The maximum Gasteiger partial charge on any atom is 0.416 e. The molecule has 11 heteroatoms. The lowest BCUT2D eigenvalue weighted by Crippen LogP contribution is -2.44. The van der Waals surface area contributed by atoms with Crippen molar-refractivity contribution in [1.29, 1.82) is 0 Å². The SMILES string of the molecule is COC(=O)C1(CCCSC)CN(CC(=O)Nc2ccc(C(F)(F)F)cc2)N=C1c1ccc(Cl)cc1. The van der Waals surface area contributed by atoms with Crippen LogP contribution in [0.1, 0.15) is 24.0 Å². The normalized spacial score (nSPS) is 17.8. The van der Waals surface area contributed by atoms with Crippen LogP contribution < -0.4 is 5.32 Å². The monoisotopic (exact) mass is 527 g/mol. The molecular weight excluding hydrogens is 503 g/mol. The Labute approximate surface area is 210 Å². The predicted octanol–water partition coefficient (Wildman–Crippen LogP) is 5.32. The average Bonchev–Trinajstić information content (AvgIpc) is 3.17. The quantitative estimate of drug-likeness (QED) is 0.353. The van der Waals surface area contributed by atoms with E-state index in [4.69, 9.17) is 16.3 Å². The van der Waals surface area contributed by atoms with Crippen LogP contribution in [0.15, 0.2) is 53.6 Å². The topological polar surface area (TPSA) is 71.0 Å². The standard InChI is InChI=1S/C24H25ClF3N3O3S/c1-34-22(33)23(12-3-13-35-2)15-31(30-21(23)16-4-8-18(25)9-5-16)14-20(32)29-19-10-6-17(7-11-19)24(26,27)28/h4-11H,3,12-15H2,1-2H3,(H,29,32). The number of carbonyl (C=O) groups is 2. The van der Waals surface area contributed by atoms with Crippen LogP contribution in [0.25, 0.3) is 0 Å². The van der Waals surface area contributed by atoms with Crippen LogP contribution in [0, 0.1) is 5.41 Å². The van der Waals surface area contributed by atoms with Gasteiger partial charge in [0, 0.05) is 10.7 Å². The Morgan fingerprint density at radius 3 is 2.40 bits per heavy atom. The first-order chi connectivity index (χ1) is 16.6.